The number of aromatic nitrogens is 2. The number of nitrogens with one attached hydrogen (secondary N) is 1. The Kier molecular flexibility index (Phi) is 2.98. The number of hydrogen-bond donors (Lipinski definition) is 2. The molecule has 0 saturated heterocycles. The SMILES string of the molecule is Nc1ccc2ccc(NCc3ccccc3)nc2n1. The topological polar surface area (TPSA) is 63.8 Å². The maximum atomic E-state index is 5.67. The van der Waals surface area contributed by atoms with Gasteiger partial charge in [0.2, 0.25) is 0 Å². The van der Waals surface area contributed by atoms with Gasteiger partial charge in [-0.05, 0) is 29.8 Å². The molecule has 0 spiro atoms. The number of benzene rings is 1. The van der Waals surface area contributed by atoms with Crippen LogP contribution in [0.1, 0.15) is 5.56 Å². The fraction of sp³-hybridized carbons (Fsp3) is 0.0667. The van der Waals surface area contributed by atoms with Crippen molar-refractivity contribution in [3.05, 3.63) is 60.2 Å². The van der Waals surface area contributed by atoms with Gasteiger partial charge in [0.15, 0.2) is 5.65 Å². The highest BCUT2D eigenvalue weighted by molar-refractivity contribution is 5.77. The normalized spacial score (nSPS) is 10.5. The molecule has 2 aromatic heterocycles. The van der Waals surface area contributed by atoms with Gasteiger partial charge in [-0.2, -0.15) is 0 Å². The Bertz CT molecular complexity index is 695. The van der Waals surface area contributed by atoms with Gasteiger partial charge in [0, 0.05) is 11.9 Å². The molecule has 2 heterocycles. The van der Waals surface area contributed by atoms with Gasteiger partial charge in [-0.1, -0.05) is 30.3 Å². The molecule has 1 aromatic carbocycles. The molecule has 4 heteroatoms. The monoisotopic (exact) mass is 250 g/mol. The van der Waals surface area contributed by atoms with Gasteiger partial charge >= 0.3 is 0 Å². The lowest BCUT2D eigenvalue weighted by Crippen LogP contribution is -2.01. The number of nitrogens with zero attached hydrogens (tertiary/aromatic N) is 2. The highest BCUT2D eigenvalue weighted by Gasteiger charge is 2.00. The van der Waals surface area contributed by atoms with E-state index in [9.17, 15) is 0 Å². The Morgan fingerprint density at radius 1 is 0.895 bits per heavy atom. The highest BCUT2D eigenvalue weighted by atomic mass is 15.0. The number of hydrogen-bond acceptors (Lipinski definition) is 4. The first kappa shape index (κ1) is 11.5. The minimum absolute atomic E-state index is 0.486. The third kappa shape index (κ3) is 2.63. The van der Waals surface area contributed by atoms with E-state index in [1.54, 1.807) is 6.07 Å². The summed E-state index contributed by atoms with van der Waals surface area (Å²) < 4.78 is 0. The van der Waals surface area contributed by atoms with Crippen LogP contribution in [0.4, 0.5) is 11.6 Å². The molecule has 3 N–H and O–H groups in total. The number of fused-ring (bicyclic) bond motifs is 1. The van der Waals surface area contributed by atoms with E-state index in [4.69, 9.17) is 5.73 Å². The van der Waals surface area contributed by atoms with E-state index in [2.05, 4.69) is 27.4 Å². The number of nitrogen functional groups attached to an aromatic ring is 1. The van der Waals surface area contributed by atoms with Crippen LogP contribution in [0.15, 0.2) is 54.6 Å². The predicted octanol–water partition coefficient (Wildman–Crippen LogP) is 2.82. The van der Waals surface area contributed by atoms with Crippen molar-refractivity contribution in [1.29, 1.82) is 0 Å². The van der Waals surface area contributed by atoms with E-state index in [1.807, 2.05) is 36.4 Å². The maximum Gasteiger partial charge on any atom is 0.163 e. The molecule has 0 aliphatic heterocycles. The molecular weight excluding hydrogens is 236 g/mol. The van der Waals surface area contributed by atoms with Gasteiger partial charge < -0.3 is 11.1 Å². The highest BCUT2D eigenvalue weighted by Crippen LogP contribution is 2.15. The van der Waals surface area contributed by atoms with E-state index in [0.29, 0.717) is 11.5 Å². The molecule has 0 aliphatic carbocycles. The number of pyridine rings is 2. The summed E-state index contributed by atoms with van der Waals surface area (Å²) in [5, 5.41) is 4.27. The van der Waals surface area contributed by atoms with Crippen LogP contribution in [0.3, 0.4) is 0 Å². The minimum Gasteiger partial charge on any atom is -0.384 e. The number of nitrogens with two attached hydrogens (primary N) is 1. The summed E-state index contributed by atoms with van der Waals surface area (Å²) in [6, 6.07) is 17.8. The lowest BCUT2D eigenvalue weighted by atomic mass is 10.2. The summed E-state index contributed by atoms with van der Waals surface area (Å²) in [6.45, 7) is 0.738. The van der Waals surface area contributed by atoms with Gasteiger partial charge in [-0.3, -0.25) is 0 Å². The quantitative estimate of drug-likeness (QED) is 0.750. The fourth-order valence-corrected chi connectivity index (χ4v) is 1.90. The predicted molar refractivity (Wildman–Crippen MR) is 77.7 cm³/mol. The molecule has 94 valence electrons. The molecule has 0 amide bonds. The van der Waals surface area contributed by atoms with E-state index >= 15 is 0 Å². The molecule has 3 rings (SSSR count). The first-order valence-electron chi connectivity index (χ1n) is 6.12. The van der Waals surface area contributed by atoms with Crippen LogP contribution in [0.25, 0.3) is 11.0 Å². The molecule has 0 radical (unpaired) electrons. The second-order valence-corrected chi connectivity index (χ2v) is 4.32. The van der Waals surface area contributed by atoms with Gasteiger partial charge in [0.05, 0.1) is 0 Å². The summed E-state index contributed by atoms with van der Waals surface area (Å²) in [7, 11) is 0. The van der Waals surface area contributed by atoms with E-state index in [1.165, 1.54) is 5.56 Å². The average Bonchev–Trinajstić information content (AvgIpc) is 2.46. The minimum atomic E-state index is 0.486. The number of rotatable bonds is 3. The van der Waals surface area contributed by atoms with Gasteiger partial charge in [0.25, 0.3) is 0 Å². The van der Waals surface area contributed by atoms with Crippen LogP contribution in [-0.4, -0.2) is 9.97 Å². The summed E-state index contributed by atoms with van der Waals surface area (Å²) in [4.78, 5) is 8.67. The Labute approximate surface area is 111 Å². The van der Waals surface area contributed by atoms with Crippen molar-refractivity contribution < 1.29 is 0 Å². The van der Waals surface area contributed by atoms with E-state index in [-0.39, 0.29) is 0 Å². The zero-order chi connectivity index (χ0) is 13.1. The van der Waals surface area contributed by atoms with Crippen molar-refractivity contribution in [2.75, 3.05) is 11.1 Å². The molecular formula is C15H14N4. The lowest BCUT2D eigenvalue weighted by molar-refractivity contribution is 1.12. The van der Waals surface area contributed by atoms with Crippen molar-refractivity contribution >= 4 is 22.7 Å². The van der Waals surface area contributed by atoms with Crippen LogP contribution < -0.4 is 11.1 Å². The van der Waals surface area contributed by atoms with Crippen molar-refractivity contribution in [1.82, 2.24) is 9.97 Å². The zero-order valence-electron chi connectivity index (χ0n) is 10.4. The van der Waals surface area contributed by atoms with Crippen LogP contribution >= 0.6 is 0 Å². The van der Waals surface area contributed by atoms with Crippen molar-refractivity contribution in [2.45, 2.75) is 6.54 Å². The average molecular weight is 250 g/mol. The maximum absolute atomic E-state index is 5.67. The number of anilines is 2. The van der Waals surface area contributed by atoms with Crippen molar-refractivity contribution in [2.24, 2.45) is 0 Å². The van der Waals surface area contributed by atoms with Crippen LogP contribution in [0, 0.1) is 0 Å². The van der Waals surface area contributed by atoms with Crippen molar-refractivity contribution in [3.63, 3.8) is 0 Å². The smallest absolute Gasteiger partial charge is 0.163 e. The van der Waals surface area contributed by atoms with E-state index in [0.717, 1.165) is 17.7 Å². The summed E-state index contributed by atoms with van der Waals surface area (Å²) in [6.07, 6.45) is 0. The molecule has 3 aromatic rings. The standard InChI is InChI=1S/C15H14N4/c16-13-8-6-12-7-9-14(19-15(12)18-13)17-10-11-4-2-1-3-5-11/h1-9H,10H2,(H3,16,17,18,19). The van der Waals surface area contributed by atoms with Crippen LogP contribution in [-0.2, 0) is 6.54 Å². The molecule has 0 aliphatic rings. The van der Waals surface area contributed by atoms with Gasteiger partial charge in [0.1, 0.15) is 11.6 Å². The summed E-state index contributed by atoms with van der Waals surface area (Å²) in [5.74, 6) is 1.29. The molecule has 0 unspecified atom stereocenters. The first-order chi connectivity index (χ1) is 9.31. The zero-order valence-corrected chi connectivity index (χ0v) is 10.4. The van der Waals surface area contributed by atoms with Crippen LogP contribution in [0.5, 0.6) is 0 Å². The van der Waals surface area contributed by atoms with Crippen LogP contribution in [0.2, 0.25) is 0 Å². The van der Waals surface area contributed by atoms with Gasteiger partial charge in [-0.25, -0.2) is 9.97 Å². The lowest BCUT2D eigenvalue weighted by Gasteiger charge is -2.06. The second-order valence-electron chi connectivity index (χ2n) is 4.32. The molecule has 4 nitrogen and oxygen atoms in total. The Morgan fingerprint density at radius 2 is 1.68 bits per heavy atom. The Morgan fingerprint density at radius 3 is 2.53 bits per heavy atom. The fourth-order valence-electron chi connectivity index (χ4n) is 1.90. The third-order valence-electron chi connectivity index (χ3n) is 2.89. The van der Waals surface area contributed by atoms with Crippen molar-refractivity contribution in [3.8, 4) is 0 Å². The molecule has 0 atom stereocenters. The molecule has 19 heavy (non-hydrogen) atoms. The molecule has 0 bridgehead atoms. The Hall–Kier alpha value is -2.62. The molecule has 0 fully saturated rings. The summed E-state index contributed by atoms with van der Waals surface area (Å²) in [5.41, 5.74) is 7.55. The van der Waals surface area contributed by atoms with Gasteiger partial charge in [-0.15, -0.1) is 0 Å². The third-order valence-corrected chi connectivity index (χ3v) is 2.89. The summed E-state index contributed by atoms with van der Waals surface area (Å²) >= 11 is 0. The largest absolute Gasteiger partial charge is 0.384 e. The van der Waals surface area contributed by atoms with E-state index < -0.39 is 0 Å². The Balaban J connectivity index is 1.81. The second kappa shape index (κ2) is 4.94. The first-order valence-corrected chi connectivity index (χ1v) is 6.12. The molecule has 0 saturated carbocycles.